The fourth-order valence-electron chi connectivity index (χ4n) is 6.41. The van der Waals surface area contributed by atoms with E-state index >= 15 is 26.3 Å². The molecule has 0 fully saturated rings. The first-order chi connectivity index (χ1) is 23.3. The van der Waals surface area contributed by atoms with E-state index in [9.17, 15) is 0 Å². The molecule has 0 amide bonds. The zero-order valence-corrected chi connectivity index (χ0v) is 30.1. The van der Waals surface area contributed by atoms with Gasteiger partial charge in [-0.15, -0.1) is 22.7 Å². The van der Waals surface area contributed by atoms with Crippen molar-refractivity contribution in [3.63, 3.8) is 0 Å². The summed E-state index contributed by atoms with van der Waals surface area (Å²) < 4.78 is 100. The maximum atomic E-state index is 15.7. The van der Waals surface area contributed by atoms with Gasteiger partial charge in [0.15, 0.2) is 12.4 Å². The summed E-state index contributed by atoms with van der Waals surface area (Å²) >= 11 is 2.21. The molecule has 0 atom stereocenters. The minimum Gasteiger partial charge on any atom is -0.494 e. The Balaban J connectivity index is 1.34. The number of aromatic nitrogens is 1. The minimum atomic E-state index is -5.61. The number of hydrogen-bond acceptors (Lipinski definition) is 3. The van der Waals surface area contributed by atoms with Crippen molar-refractivity contribution in [1.82, 2.24) is 0 Å². The molecule has 3 aromatic heterocycles. The zero-order chi connectivity index (χ0) is 35.4. The van der Waals surface area contributed by atoms with Gasteiger partial charge < -0.3 is 4.74 Å². The molecular formula is C39H44F6NOS2+. The van der Waals surface area contributed by atoms with Gasteiger partial charge in [-0.2, -0.15) is 26.3 Å². The van der Waals surface area contributed by atoms with Gasteiger partial charge in [0.2, 0.25) is 0 Å². The number of benzene rings is 1. The van der Waals surface area contributed by atoms with E-state index < -0.39 is 28.9 Å². The van der Waals surface area contributed by atoms with Crippen LogP contribution >= 0.6 is 22.7 Å². The van der Waals surface area contributed by atoms with Crippen molar-refractivity contribution in [1.29, 1.82) is 0 Å². The number of pyridine rings is 1. The predicted molar refractivity (Wildman–Crippen MR) is 189 cm³/mol. The Morgan fingerprint density at radius 3 is 1.65 bits per heavy atom. The first-order valence-corrected chi connectivity index (χ1v) is 18.7. The first-order valence-electron chi connectivity index (χ1n) is 17.1. The van der Waals surface area contributed by atoms with Crippen LogP contribution in [0, 0.1) is 13.8 Å². The summed E-state index contributed by atoms with van der Waals surface area (Å²) in [6, 6.07) is 13.3. The Morgan fingerprint density at radius 1 is 0.653 bits per heavy atom. The van der Waals surface area contributed by atoms with Gasteiger partial charge in [-0.1, -0.05) is 64.7 Å². The van der Waals surface area contributed by atoms with E-state index in [2.05, 4.69) is 6.92 Å². The molecule has 4 aromatic rings. The third-order valence-corrected chi connectivity index (χ3v) is 11.4. The Labute approximate surface area is 293 Å². The number of nitrogens with zero attached hydrogens (tertiary/aromatic N) is 1. The number of hydrogen-bond donors (Lipinski definition) is 0. The molecule has 1 aromatic carbocycles. The van der Waals surface area contributed by atoms with Gasteiger partial charge in [0.1, 0.15) is 12.8 Å². The maximum absolute atomic E-state index is 15.7. The highest BCUT2D eigenvalue weighted by molar-refractivity contribution is 7.16. The topological polar surface area (TPSA) is 13.1 Å². The van der Waals surface area contributed by atoms with Crippen LogP contribution in [0.25, 0.3) is 32.0 Å². The summed E-state index contributed by atoms with van der Waals surface area (Å²) in [5, 5.41) is 0. The van der Waals surface area contributed by atoms with Crippen molar-refractivity contribution < 1.29 is 35.6 Å². The van der Waals surface area contributed by atoms with E-state index in [1.807, 2.05) is 0 Å². The van der Waals surface area contributed by atoms with Gasteiger partial charge >= 0.3 is 17.8 Å². The summed E-state index contributed by atoms with van der Waals surface area (Å²) in [4.78, 5) is 1.53. The highest BCUT2D eigenvalue weighted by Crippen LogP contribution is 2.66. The molecule has 0 bridgehead atoms. The number of thiophene rings is 2. The van der Waals surface area contributed by atoms with E-state index in [0.29, 0.717) is 33.2 Å². The smallest absolute Gasteiger partial charge is 0.380 e. The van der Waals surface area contributed by atoms with Gasteiger partial charge in [0.25, 0.3) is 0 Å². The number of aryl methyl sites for hydroxylation is 3. The number of unbranched alkanes of at least 4 members (excludes halogenated alkanes) is 9. The normalized spacial score (nSPS) is 16.4. The van der Waals surface area contributed by atoms with E-state index in [1.165, 1.54) is 77.3 Å². The molecule has 10 heteroatoms. The van der Waals surface area contributed by atoms with Gasteiger partial charge in [-0.05, 0) is 79.4 Å². The van der Waals surface area contributed by atoms with Crippen LogP contribution in [0.5, 0.6) is 5.75 Å². The highest BCUT2D eigenvalue weighted by atomic mass is 32.1. The molecular weight excluding hydrogens is 677 g/mol. The highest BCUT2D eigenvalue weighted by Gasteiger charge is 2.80. The maximum Gasteiger partial charge on any atom is 0.380 e. The molecule has 0 saturated heterocycles. The summed E-state index contributed by atoms with van der Waals surface area (Å²) in [5.74, 6) is -15.1. The Bertz CT molecular complexity index is 1760. The Kier molecular flexibility index (Phi) is 11.7. The van der Waals surface area contributed by atoms with Crippen molar-refractivity contribution in [3.05, 3.63) is 81.8 Å². The van der Waals surface area contributed by atoms with Crippen LogP contribution in [0.3, 0.4) is 0 Å². The molecule has 2 nitrogen and oxygen atoms in total. The van der Waals surface area contributed by atoms with Crippen LogP contribution in [-0.2, 0) is 7.05 Å². The zero-order valence-electron chi connectivity index (χ0n) is 28.5. The fraction of sp³-hybridized carbons (Fsp3) is 0.462. The van der Waals surface area contributed by atoms with Crippen molar-refractivity contribution in [3.8, 4) is 26.6 Å². The number of ether oxygens (including phenoxy) is 1. The lowest BCUT2D eigenvalue weighted by Crippen LogP contribution is -2.48. The standard InChI is InChI=1S/C39H44F6NOS2/c1-5-6-7-8-9-10-11-12-13-14-22-47-30-19-17-28(18-20-30)33-23-31(26(2)48-33)35-36(38(42,43)39(44,45)37(35,40)41)32-24-34(49-27(32)3)29-16-15-21-46(4)25-29/h15-21,23-25H,5-14,22H2,1-4H3/q+1. The van der Waals surface area contributed by atoms with Crippen molar-refractivity contribution >= 4 is 33.8 Å². The molecule has 3 heterocycles. The second kappa shape index (κ2) is 15.4. The number of alkyl halides is 6. The second-order valence-electron chi connectivity index (χ2n) is 12.9. The quantitative estimate of drug-likeness (QED) is 0.0638. The van der Waals surface area contributed by atoms with Crippen LogP contribution in [0.2, 0.25) is 0 Å². The molecule has 1 aliphatic rings. The van der Waals surface area contributed by atoms with Crippen molar-refractivity contribution in [2.24, 2.45) is 7.05 Å². The Morgan fingerprint density at radius 2 is 1.14 bits per heavy atom. The predicted octanol–water partition coefficient (Wildman–Crippen LogP) is 12.7. The second-order valence-corrected chi connectivity index (χ2v) is 15.5. The summed E-state index contributed by atoms with van der Waals surface area (Å²) in [5.41, 5.74) is -1.90. The lowest BCUT2D eigenvalue weighted by molar-refractivity contribution is -0.671. The molecule has 1 aliphatic carbocycles. The third-order valence-electron chi connectivity index (χ3n) is 9.17. The summed E-state index contributed by atoms with van der Waals surface area (Å²) in [7, 11) is 1.79. The first kappa shape index (κ1) is 37.2. The molecule has 5 rings (SSSR count). The van der Waals surface area contributed by atoms with Crippen LogP contribution < -0.4 is 9.30 Å². The van der Waals surface area contributed by atoms with Crippen LogP contribution in [-0.4, -0.2) is 24.4 Å². The molecule has 0 unspecified atom stereocenters. The summed E-state index contributed by atoms with van der Waals surface area (Å²) in [6.07, 6.45) is 15.8. The molecule has 0 N–H and O–H groups in total. The lowest BCUT2D eigenvalue weighted by Gasteiger charge is -2.25. The third kappa shape index (κ3) is 7.65. The molecule has 49 heavy (non-hydrogen) atoms. The average molecular weight is 721 g/mol. The van der Waals surface area contributed by atoms with E-state index in [4.69, 9.17) is 4.74 Å². The van der Waals surface area contributed by atoms with Gasteiger partial charge in [-0.3, -0.25) is 0 Å². The molecule has 0 spiro atoms. The van der Waals surface area contributed by atoms with Crippen LogP contribution in [0.4, 0.5) is 26.3 Å². The summed E-state index contributed by atoms with van der Waals surface area (Å²) in [6.45, 7) is 5.80. The fourth-order valence-corrected chi connectivity index (χ4v) is 8.45. The number of halogens is 6. The average Bonchev–Trinajstić information content (AvgIpc) is 3.66. The van der Waals surface area contributed by atoms with Crippen LogP contribution in [0.15, 0.2) is 60.9 Å². The lowest BCUT2D eigenvalue weighted by atomic mass is 9.94. The van der Waals surface area contributed by atoms with E-state index in [1.54, 1.807) is 60.4 Å². The number of allylic oxidation sites excluding steroid dienone is 2. The largest absolute Gasteiger partial charge is 0.494 e. The van der Waals surface area contributed by atoms with E-state index in [0.717, 1.165) is 35.5 Å². The molecule has 0 aliphatic heterocycles. The molecule has 264 valence electrons. The van der Waals surface area contributed by atoms with Gasteiger partial charge in [-0.25, -0.2) is 4.57 Å². The van der Waals surface area contributed by atoms with Crippen molar-refractivity contribution in [2.45, 2.75) is 103 Å². The van der Waals surface area contributed by atoms with Crippen molar-refractivity contribution in [2.75, 3.05) is 6.61 Å². The molecule has 0 radical (unpaired) electrons. The van der Waals surface area contributed by atoms with Gasteiger partial charge in [0, 0.05) is 36.7 Å². The van der Waals surface area contributed by atoms with Crippen LogP contribution in [0.1, 0.15) is 92.0 Å². The van der Waals surface area contributed by atoms with E-state index in [-0.39, 0.29) is 20.9 Å². The SMILES string of the molecule is CCCCCCCCCCCCOc1ccc(-c2cc(C3=C(c4cc(-c5ccc[n+](C)c5)sc4C)C(F)(F)C(F)(F)C3(F)F)c(C)s2)cc1. The minimum absolute atomic E-state index is 0.250. The van der Waals surface area contributed by atoms with Gasteiger partial charge in [0.05, 0.1) is 12.2 Å². The number of rotatable bonds is 16. The Hall–Kier alpha value is -3.11. The monoisotopic (exact) mass is 720 g/mol. The molecule has 0 saturated carbocycles.